The van der Waals surface area contributed by atoms with E-state index in [1.165, 1.54) is 4.57 Å². The standard InChI is InChI=1S/C25H23N3O5S/c1-28-14-21(19-9-11-26-23(19)25(28)30)20-13-16(24(29)27-17-10-12-34(31,32)15-17)7-8-22(20)33-18-5-3-2-4-6-18/h2-9,11,13-14,17,26H,10,12,15H2,1H3,(H,27,29). The van der Waals surface area contributed by atoms with Crippen LogP contribution in [0.15, 0.2) is 71.8 Å². The van der Waals surface area contributed by atoms with E-state index in [4.69, 9.17) is 4.74 Å². The lowest BCUT2D eigenvalue weighted by Crippen LogP contribution is -2.35. The summed E-state index contributed by atoms with van der Waals surface area (Å²) in [4.78, 5) is 28.5. The first kappa shape index (κ1) is 22.0. The highest BCUT2D eigenvalue weighted by Gasteiger charge is 2.29. The van der Waals surface area contributed by atoms with Crippen molar-refractivity contribution in [3.63, 3.8) is 0 Å². The zero-order chi connectivity index (χ0) is 23.9. The number of aromatic nitrogens is 2. The number of nitrogens with one attached hydrogen (secondary N) is 2. The molecule has 2 aromatic carbocycles. The Balaban J connectivity index is 1.59. The van der Waals surface area contributed by atoms with Crippen LogP contribution in [0.25, 0.3) is 22.0 Å². The summed E-state index contributed by atoms with van der Waals surface area (Å²) < 4.78 is 31.2. The molecule has 4 aromatic rings. The highest BCUT2D eigenvalue weighted by atomic mass is 32.2. The number of benzene rings is 2. The highest BCUT2D eigenvalue weighted by molar-refractivity contribution is 7.91. The average Bonchev–Trinajstić information content (AvgIpc) is 3.44. The molecule has 1 aliphatic heterocycles. The Kier molecular flexibility index (Phi) is 5.49. The number of amides is 1. The molecule has 3 heterocycles. The Morgan fingerprint density at radius 1 is 1.12 bits per heavy atom. The third-order valence-corrected chi connectivity index (χ3v) is 7.73. The van der Waals surface area contributed by atoms with Crippen LogP contribution in [0.2, 0.25) is 0 Å². The third-order valence-electron chi connectivity index (χ3n) is 5.96. The van der Waals surface area contributed by atoms with Gasteiger partial charge in [0.1, 0.15) is 17.0 Å². The average molecular weight is 478 g/mol. The van der Waals surface area contributed by atoms with Crippen LogP contribution in [0.4, 0.5) is 0 Å². The van der Waals surface area contributed by atoms with Crippen LogP contribution in [-0.2, 0) is 16.9 Å². The van der Waals surface area contributed by atoms with E-state index in [1.807, 2.05) is 36.4 Å². The largest absolute Gasteiger partial charge is 0.457 e. The van der Waals surface area contributed by atoms with Gasteiger partial charge in [0.05, 0.1) is 11.5 Å². The normalized spacial score (nSPS) is 17.0. The maximum atomic E-state index is 13.0. The van der Waals surface area contributed by atoms with Crippen molar-refractivity contribution < 1.29 is 17.9 Å². The number of carbonyl (C=O) groups is 1. The molecule has 0 bridgehead atoms. The number of sulfone groups is 1. The second kappa shape index (κ2) is 8.49. The quantitative estimate of drug-likeness (QED) is 0.459. The number of nitrogens with zero attached hydrogens (tertiary/aromatic N) is 1. The molecule has 1 amide bonds. The number of carbonyl (C=O) groups excluding carboxylic acids is 1. The van der Waals surface area contributed by atoms with Crippen molar-refractivity contribution >= 4 is 26.6 Å². The molecule has 34 heavy (non-hydrogen) atoms. The first-order valence-electron chi connectivity index (χ1n) is 10.9. The van der Waals surface area contributed by atoms with Gasteiger partial charge in [0.15, 0.2) is 9.84 Å². The molecular formula is C25H23N3O5S. The second-order valence-electron chi connectivity index (χ2n) is 8.42. The molecule has 1 atom stereocenters. The van der Waals surface area contributed by atoms with Crippen LogP contribution >= 0.6 is 0 Å². The summed E-state index contributed by atoms with van der Waals surface area (Å²) in [5.41, 5.74) is 2.03. The zero-order valence-corrected chi connectivity index (χ0v) is 19.3. The fraction of sp³-hybridized carbons (Fsp3) is 0.200. The number of para-hydroxylation sites is 1. The van der Waals surface area contributed by atoms with E-state index in [0.29, 0.717) is 39.9 Å². The van der Waals surface area contributed by atoms with Gasteiger partial charge in [-0.25, -0.2) is 8.42 Å². The lowest BCUT2D eigenvalue weighted by molar-refractivity contribution is 0.0941. The minimum absolute atomic E-state index is 0.0500. The Morgan fingerprint density at radius 2 is 1.91 bits per heavy atom. The van der Waals surface area contributed by atoms with Crippen molar-refractivity contribution in [1.82, 2.24) is 14.9 Å². The van der Waals surface area contributed by atoms with Gasteiger partial charge in [-0.1, -0.05) is 18.2 Å². The first-order chi connectivity index (χ1) is 16.3. The van der Waals surface area contributed by atoms with Crippen molar-refractivity contribution in [2.24, 2.45) is 7.05 Å². The summed E-state index contributed by atoms with van der Waals surface area (Å²) in [6.45, 7) is 0. The number of aromatic amines is 1. The molecule has 0 saturated carbocycles. The Labute approximate surface area is 196 Å². The van der Waals surface area contributed by atoms with Crippen molar-refractivity contribution in [2.75, 3.05) is 11.5 Å². The van der Waals surface area contributed by atoms with Crippen molar-refractivity contribution in [1.29, 1.82) is 0 Å². The molecule has 9 heteroatoms. The van der Waals surface area contributed by atoms with Crippen LogP contribution in [0, 0.1) is 0 Å². The smallest absolute Gasteiger partial charge is 0.274 e. The predicted octanol–water partition coefficient (Wildman–Crippen LogP) is 3.24. The van der Waals surface area contributed by atoms with Gasteiger partial charge in [-0.05, 0) is 42.8 Å². The van der Waals surface area contributed by atoms with Gasteiger partial charge in [-0.15, -0.1) is 0 Å². The second-order valence-corrected chi connectivity index (χ2v) is 10.7. The lowest BCUT2D eigenvalue weighted by atomic mass is 9.99. The van der Waals surface area contributed by atoms with E-state index in [9.17, 15) is 18.0 Å². The number of aryl methyl sites for hydroxylation is 1. The maximum absolute atomic E-state index is 13.0. The van der Waals surface area contributed by atoms with E-state index in [0.717, 1.165) is 5.56 Å². The highest BCUT2D eigenvalue weighted by Crippen LogP contribution is 2.37. The van der Waals surface area contributed by atoms with Crippen molar-refractivity contribution in [3.8, 4) is 22.6 Å². The molecule has 5 rings (SSSR count). The number of fused-ring (bicyclic) bond motifs is 1. The Hall–Kier alpha value is -3.85. The van der Waals surface area contributed by atoms with Gasteiger partial charge in [0.2, 0.25) is 0 Å². The molecule has 1 unspecified atom stereocenters. The fourth-order valence-electron chi connectivity index (χ4n) is 4.25. The van der Waals surface area contributed by atoms with E-state index in [1.54, 1.807) is 37.6 Å². The van der Waals surface area contributed by atoms with E-state index >= 15 is 0 Å². The number of pyridine rings is 1. The minimum Gasteiger partial charge on any atom is -0.457 e. The van der Waals surface area contributed by atoms with Crippen LogP contribution in [0.3, 0.4) is 0 Å². The van der Waals surface area contributed by atoms with Crippen molar-refractivity contribution in [2.45, 2.75) is 12.5 Å². The summed E-state index contributed by atoms with van der Waals surface area (Å²) in [5.74, 6) is 0.826. The van der Waals surface area contributed by atoms with Gasteiger partial charge in [-0.2, -0.15) is 0 Å². The summed E-state index contributed by atoms with van der Waals surface area (Å²) >= 11 is 0. The molecule has 174 valence electrons. The number of hydrogen-bond acceptors (Lipinski definition) is 5. The first-order valence-corrected chi connectivity index (χ1v) is 12.7. The van der Waals surface area contributed by atoms with Crippen LogP contribution < -0.4 is 15.6 Å². The SMILES string of the molecule is Cn1cc(-c2cc(C(=O)NC3CCS(=O)(=O)C3)ccc2Oc2ccccc2)c2cc[nH]c2c1=O. The predicted molar refractivity (Wildman–Crippen MR) is 130 cm³/mol. The lowest BCUT2D eigenvalue weighted by Gasteiger charge is -2.16. The summed E-state index contributed by atoms with van der Waals surface area (Å²) in [7, 11) is -1.45. The molecule has 8 nitrogen and oxygen atoms in total. The minimum atomic E-state index is -3.11. The van der Waals surface area contributed by atoms with Gasteiger partial charge in [-0.3, -0.25) is 9.59 Å². The van der Waals surface area contributed by atoms with Gasteiger partial charge >= 0.3 is 0 Å². The molecule has 1 saturated heterocycles. The molecule has 0 spiro atoms. The molecule has 2 N–H and O–H groups in total. The maximum Gasteiger partial charge on any atom is 0.274 e. The molecule has 1 aliphatic rings. The number of H-pyrrole nitrogens is 1. The third kappa shape index (κ3) is 4.22. The monoisotopic (exact) mass is 477 g/mol. The zero-order valence-electron chi connectivity index (χ0n) is 18.4. The Morgan fingerprint density at radius 3 is 2.65 bits per heavy atom. The number of ether oxygens (including phenoxy) is 1. The summed E-state index contributed by atoms with van der Waals surface area (Å²) in [6.07, 6.45) is 3.82. The molecular weight excluding hydrogens is 454 g/mol. The molecule has 0 aliphatic carbocycles. The number of hydrogen-bond donors (Lipinski definition) is 2. The van der Waals surface area contributed by atoms with Gasteiger partial charge < -0.3 is 19.6 Å². The fourth-order valence-corrected chi connectivity index (χ4v) is 5.92. The molecule has 1 fully saturated rings. The molecule has 0 radical (unpaired) electrons. The summed E-state index contributed by atoms with van der Waals surface area (Å²) in [6, 6.07) is 15.8. The van der Waals surface area contributed by atoms with E-state index in [-0.39, 0.29) is 23.0 Å². The van der Waals surface area contributed by atoms with Crippen LogP contribution in [0.5, 0.6) is 11.5 Å². The van der Waals surface area contributed by atoms with Crippen LogP contribution in [0.1, 0.15) is 16.8 Å². The van der Waals surface area contributed by atoms with Crippen LogP contribution in [-0.4, -0.2) is 41.4 Å². The van der Waals surface area contributed by atoms with E-state index < -0.39 is 15.9 Å². The Bertz CT molecular complexity index is 1550. The van der Waals surface area contributed by atoms with Gasteiger partial charge in [0.25, 0.3) is 11.5 Å². The van der Waals surface area contributed by atoms with E-state index in [2.05, 4.69) is 10.3 Å². The molecule has 2 aromatic heterocycles. The van der Waals surface area contributed by atoms with Crippen molar-refractivity contribution in [3.05, 3.63) is 82.9 Å². The summed E-state index contributed by atoms with van der Waals surface area (Å²) in [5, 5.41) is 3.54. The number of rotatable bonds is 5. The topological polar surface area (TPSA) is 110 Å². The van der Waals surface area contributed by atoms with Gasteiger partial charge in [0, 0.05) is 47.6 Å².